The molecule has 1 aromatic carbocycles. The summed E-state index contributed by atoms with van der Waals surface area (Å²) in [6, 6.07) is 8.32. The molecule has 2 saturated carbocycles. The summed E-state index contributed by atoms with van der Waals surface area (Å²) in [6.45, 7) is 15.0. The van der Waals surface area contributed by atoms with Gasteiger partial charge in [-0.1, -0.05) is 45.4 Å². The molecule has 0 heterocycles. The molecule has 0 aliphatic heterocycles. The topological polar surface area (TPSA) is 35.5 Å². The molecule has 2 aliphatic rings. The van der Waals surface area contributed by atoms with Gasteiger partial charge in [-0.15, -0.1) is 6.58 Å². The molecule has 0 aromatic heterocycles. The van der Waals surface area contributed by atoms with E-state index in [2.05, 4.69) is 39.5 Å². The van der Waals surface area contributed by atoms with E-state index >= 15 is 0 Å². The fraction of sp³-hybridized carbons (Fsp3) is 0.640. The molecular formula is C25H36O3. The van der Waals surface area contributed by atoms with E-state index in [4.69, 9.17) is 9.47 Å². The molecule has 0 radical (unpaired) electrons. The highest BCUT2D eigenvalue weighted by Crippen LogP contribution is 2.69. The first kappa shape index (κ1) is 21.0. The molecule has 2 fully saturated rings. The molecule has 0 N–H and O–H groups in total. The lowest BCUT2D eigenvalue weighted by Crippen LogP contribution is -2.42. The molecule has 0 spiro atoms. The van der Waals surface area contributed by atoms with Crippen LogP contribution in [0.3, 0.4) is 0 Å². The smallest absolute Gasteiger partial charge is 0.309 e. The molecule has 1 aromatic rings. The van der Waals surface area contributed by atoms with E-state index in [0.29, 0.717) is 18.3 Å². The average Bonchev–Trinajstić information content (AvgIpc) is 2.95. The third kappa shape index (κ3) is 3.49. The van der Waals surface area contributed by atoms with E-state index in [1.807, 2.05) is 26.0 Å². The second-order valence-corrected chi connectivity index (χ2v) is 9.92. The molecule has 3 rings (SSSR count). The van der Waals surface area contributed by atoms with Gasteiger partial charge in [0.2, 0.25) is 0 Å². The Balaban J connectivity index is 1.83. The van der Waals surface area contributed by atoms with E-state index < -0.39 is 0 Å². The fourth-order valence-corrected chi connectivity index (χ4v) is 5.85. The van der Waals surface area contributed by atoms with Crippen LogP contribution in [-0.2, 0) is 16.0 Å². The van der Waals surface area contributed by atoms with Crippen molar-refractivity contribution >= 4 is 5.97 Å². The van der Waals surface area contributed by atoms with Crippen LogP contribution in [0.15, 0.2) is 36.4 Å². The number of carbonyl (C=O) groups is 1. The molecular weight excluding hydrogens is 348 g/mol. The second-order valence-electron chi connectivity index (χ2n) is 9.92. The number of methoxy groups -OCH3 is 1. The monoisotopic (exact) mass is 384 g/mol. The largest absolute Gasteiger partial charge is 0.497 e. The number of carbonyl (C=O) groups excluding carboxylic acids is 1. The molecule has 28 heavy (non-hydrogen) atoms. The van der Waals surface area contributed by atoms with E-state index in [-0.39, 0.29) is 28.8 Å². The number of allylic oxidation sites excluding steroid dienone is 1. The highest BCUT2D eigenvalue weighted by Gasteiger charge is 2.67. The first-order valence-corrected chi connectivity index (χ1v) is 10.6. The zero-order chi connectivity index (χ0) is 20.7. The third-order valence-corrected chi connectivity index (χ3v) is 7.84. The van der Waals surface area contributed by atoms with Crippen LogP contribution in [0.5, 0.6) is 5.75 Å². The minimum atomic E-state index is -0.134. The van der Waals surface area contributed by atoms with Gasteiger partial charge >= 0.3 is 5.97 Å². The summed E-state index contributed by atoms with van der Waals surface area (Å²) in [5, 5.41) is 0. The summed E-state index contributed by atoms with van der Waals surface area (Å²) >= 11 is 0. The van der Waals surface area contributed by atoms with E-state index in [0.717, 1.165) is 24.2 Å². The number of fused-ring (bicyclic) bond motifs is 2. The maximum Gasteiger partial charge on any atom is 0.309 e. The zero-order valence-electron chi connectivity index (χ0n) is 18.4. The van der Waals surface area contributed by atoms with E-state index in [1.165, 1.54) is 12.0 Å². The first-order chi connectivity index (χ1) is 13.1. The predicted molar refractivity (Wildman–Crippen MR) is 113 cm³/mol. The molecule has 154 valence electrons. The van der Waals surface area contributed by atoms with Crippen molar-refractivity contribution in [2.45, 2.75) is 66.4 Å². The van der Waals surface area contributed by atoms with Crippen molar-refractivity contribution in [1.29, 1.82) is 0 Å². The maximum atomic E-state index is 12.9. The van der Waals surface area contributed by atoms with Crippen LogP contribution in [0, 0.1) is 28.6 Å². The summed E-state index contributed by atoms with van der Waals surface area (Å²) in [7, 11) is 1.69. The quantitative estimate of drug-likeness (QED) is 0.439. The lowest BCUT2D eigenvalue weighted by molar-refractivity contribution is -0.165. The Morgan fingerprint density at radius 1 is 1.25 bits per heavy atom. The van der Waals surface area contributed by atoms with Crippen molar-refractivity contribution in [3.05, 3.63) is 42.0 Å². The zero-order valence-corrected chi connectivity index (χ0v) is 18.4. The third-order valence-electron chi connectivity index (χ3n) is 7.84. The lowest BCUT2D eigenvalue weighted by atomic mass is 9.70. The van der Waals surface area contributed by atoms with Gasteiger partial charge in [0.05, 0.1) is 13.0 Å². The van der Waals surface area contributed by atoms with Crippen LogP contribution in [-0.4, -0.2) is 19.2 Å². The van der Waals surface area contributed by atoms with Gasteiger partial charge in [-0.2, -0.15) is 0 Å². The van der Waals surface area contributed by atoms with Gasteiger partial charge in [0, 0.05) is 11.3 Å². The van der Waals surface area contributed by atoms with Gasteiger partial charge < -0.3 is 9.47 Å². The van der Waals surface area contributed by atoms with E-state index in [9.17, 15) is 4.79 Å². The lowest BCUT2D eigenvalue weighted by Gasteiger charge is -2.40. The summed E-state index contributed by atoms with van der Waals surface area (Å²) in [6.07, 6.45) is 3.97. The van der Waals surface area contributed by atoms with E-state index in [1.54, 1.807) is 7.11 Å². The van der Waals surface area contributed by atoms with Gasteiger partial charge in [-0.25, -0.2) is 0 Å². The molecule has 2 aliphatic carbocycles. The van der Waals surface area contributed by atoms with Crippen molar-refractivity contribution in [3.63, 3.8) is 0 Å². The predicted octanol–water partition coefficient (Wildman–Crippen LogP) is 5.82. The molecule has 0 unspecified atom stereocenters. The summed E-state index contributed by atoms with van der Waals surface area (Å²) in [5.41, 5.74) is 2.52. The number of esters is 1. The SMILES string of the molecule is C=C(C)C[C@@H](C)C(=O)O[C@@H]1[C@@H](Cc2ccc(OC)cc2)[C@H]2CC[C@]1(C)C2(C)C. The normalized spacial score (nSPS) is 31.4. The van der Waals surface area contributed by atoms with Crippen molar-refractivity contribution in [3.8, 4) is 5.75 Å². The van der Waals surface area contributed by atoms with Crippen LogP contribution >= 0.6 is 0 Å². The Bertz CT molecular complexity index is 733. The highest BCUT2D eigenvalue weighted by molar-refractivity contribution is 5.72. The van der Waals surface area contributed by atoms with Gasteiger partial charge in [0.1, 0.15) is 11.9 Å². The molecule has 3 nitrogen and oxygen atoms in total. The van der Waals surface area contributed by atoms with Crippen LogP contribution in [0.4, 0.5) is 0 Å². The second kappa shape index (κ2) is 7.57. The first-order valence-electron chi connectivity index (χ1n) is 10.6. The number of benzene rings is 1. The van der Waals surface area contributed by atoms with Crippen molar-refractivity contribution < 1.29 is 14.3 Å². The Hall–Kier alpha value is -1.77. The van der Waals surface area contributed by atoms with Gasteiger partial charge in [-0.05, 0) is 61.6 Å². The number of ether oxygens (including phenoxy) is 2. The molecule has 2 bridgehead atoms. The molecule has 3 heteroatoms. The van der Waals surface area contributed by atoms with Crippen molar-refractivity contribution in [2.24, 2.45) is 28.6 Å². The minimum Gasteiger partial charge on any atom is -0.497 e. The summed E-state index contributed by atoms with van der Waals surface area (Å²) < 4.78 is 11.6. The summed E-state index contributed by atoms with van der Waals surface area (Å²) in [5.74, 6) is 1.61. The number of hydrogen-bond donors (Lipinski definition) is 0. The minimum absolute atomic E-state index is 0.0246. The Labute approximate surface area is 170 Å². The molecule has 0 amide bonds. The van der Waals surface area contributed by atoms with Crippen molar-refractivity contribution in [2.75, 3.05) is 7.11 Å². The Kier molecular flexibility index (Phi) is 5.67. The van der Waals surface area contributed by atoms with Crippen LogP contribution in [0.2, 0.25) is 0 Å². The van der Waals surface area contributed by atoms with Gasteiger partial charge in [0.15, 0.2) is 0 Å². The summed E-state index contributed by atoms with van der Waals surface area (Å²) in [4.78, 5) is 12.9. The van der Waals surface area contributed by atoms with Gasteiger partial charge in [-0.3, -0.25) is 4.79 Å². The Morgan fingerprint density at radius 2 is 1.89 bits per heavy atom. The van der Waals surface area contributed by atoms with Crippen molar-refractivity contribution in [1.82, 2.24) is 0 Å². The Morgan fingerprint density at radius 3 is 2.46 bits per heavy atom. The number of rotatable bonds is 7. The van der Waals surface area contributed by atoms with Crippen LogP contribution in [0.25, 0.3) is 0 Å². The fourth-order valence-electron chi connectivity index (χ4n) is 5.85. The molecule has 0 saturated heterocycles. The average molecular weight is 385 g/mol. The van der Waals surface area contributed by atoms with Gasteiger partial charge in [0.25, 0.3) is 0 Å². The van der Waals surface area contributed by atoms with Crippen LogP contribution in [0.1, 0.15) is 59.4 Å². The maximum absolute atomic E-state index is 12.9. The molecule has 5 atom stereocenters. The highest BCUT2D eigenvalue weighted by atomic mass is 16.5. The number of hydrogen-bond acceptors (Lipinski definition) is 3. The standard InChI is InChI=1S/C25H36O3/c1-16(2)14-17(3)23(26)28-22-20(15-18-8-10-19(27-7)11-9-18)21-12-13-25(22,6)24(21,4)5/h8-11,17,20-22H,1,12-15H2,2-7H3/t17-,20+,21-,22-,25+/m1/s1. The van der Waals surface area contributed by atoms with Crippen LogP contribution < -0.4 is 4.74 Å².